The van der Waals surface area contributed by atoms with Gasteiger partial charge >= 0.3 is 0 Å². The van der Waals surface area contributed by atoms with Crippen molar-refractivity contribution in [3.63, 3.8) is 0 Å². The van der Waals surface area contributed by atoms with Crippen LogP contribution >= 0.6 is 0 Å². The second-order valence-corrected chi connectivity index (χ2v) is 18.9. The fourth-order valence-electron chi connectivity index (χ4n) is 10.0. The molecule has 0 fully saturated rings. The maximum Gasteiger partial charge on any atom is 0.268 e. The van der Waals surface area contributed by atoms with E-state index in [0.29, 0.717) is 16.3 Å². The van der Waals surface area contributed by atoms with Crippen LogP contribution in [0, 0.1) is 32.2 Å². The summed E-state index contributed by atoms with van der Waals surface area (Å²) in [5.74, 6) is -0.542. The minimum Gasteiger partial charge on any atom is -0.510 e. The van der Waals surface area contributed by atoms with Gasteiger partial charge in [-0.05, 0) is 162 Å². The summed E-state index contributed by atoms with van der Waals surface area (Å²) in [5, 5.41) is 0.977. The Labute approximate surface area is 563 Å². The van der Waals surface area contributed by atoms with Crippen molar-refractivity contribution in [2.45, 2.75) is 13.7 Å². The zero-order valence-corrected chi connectivity index (χ0v) is 46.3. The number of hydrogen-bond donors (Lipinski definition) is 0. The van der Waals surface area contributed by atoms with E-state index in [1.807, 2.05) is 36.4 Å². The van der Waals surface area contributed by atoms with Crippen LogP contribution in [0.2, 0.25) is 0 Å². The van der Waals surface area contributed by atoms with E-state index in [1.165, 1.54) is 50.1 Å². The number of rotatable bonds is 12. The average molecular weight is 1320 g/mol. The summed E-state index contributed by atoms with van der Waals surface area (Å²) in [6.07, 6.45) is 2.35. The van der Waals surface area contributed by atoms with Crippen LogP contribution in [0.3, 0.4) is 0 Å². The SMILES string of the molecule is [2H]c1nc(-n2c3[c-]c(Oc4[c-]c(-n5[c-][n+](-c6c(-c7c([2H])c(-c8c([2H])c([2H])c([2H])c([2H])c8[2H])c([2H])c(-c8c([2H])c([2H])c([2H])c([2H])c8[2H])c7[2H])cccc6-c6c([2H])c(-c7c([2H])c([2H])c([2H])c([2H])c7[2H])c([2H])c(-c7c([2H])c([2H])c([2H])c([2H])c7[2H])c6[2H])c6ccccc65)ccc4)ccc3c3cc(-c4ccccc4)ccc32)c([2H])c(C([2H])([2H])[2H])c1C([2H])([2H])[2H].[Pt]. The molecule has 0 amide bonds. The molecular weight excluding hydrogens is 1230 g/mol. The minimum absolute atomic E-state index is 0. The molecule has 12 aromatic carbocycles. The van der Waals surface area contributed by atoms with Gasteiger partial charge < -0.3 is 13.9 Å². The van der Waals surface area contributed by atoms with Gasteiger partial charge in [-0.3, -0.25) is 4.57 Å². The van der Waals surface area contributed by atoms with Gasteiger partial charge in [0, 0.05) is 52.5 Å². The van der Waals surface area contributed by atoms with E-state index in [1.54, 1.807) is 48.5 Å². The number of benzene rings is 12. The summed E-state index contributed by atoms with van der Waals surface area (Å²) < 4.78 is 320. The van der Waals surface area contributed by atoms with Gasteiger partial charge in [0.2, 0.25) is 0 Å². The molecule has 0 aliphatic carbocycles. The second-order valence-electron chi connectivity index (χ2n) is 18.9. The van der Waals surface area contributed by atoms with Crippen molar-refractivity contribution in [2.24, 2.45) is 0 Å². The first-order chi connectivity index (χ1) is 56.0. The molecule has 3 heterocycles. The number of hydrogen-bond acceptors (Lipinski definition) is 2. The Morgan fingerprint density at radius 1 is 0.442 bits per heavy atom. The van der Waals surface area contributed by atoms with Crippen molar-refractivity contribution in [3.05, 3.63) is 320 Å². The van der Waals surface area contributed by atoms with Gasteiger partial charge in [-0.25, -0.2) is 4.98 Å². The van der Waals surface area contributed by atoms with Crippen LogP contribution in [-0.4, -0.2) is 14.1 Å². The first kappa shape index (κ1) is 28.0. The topological polar surface area (TPSA) is 35.9 Å². The fourth-order valence-corrected chi connectivity index (χ4v) is 10.0. The summed E-state index contributed by atoms with van der Waals surface area (Å²) in [7, 11) is 0. The Bertz CT molecular complexity index is 6450. The van der Waals surface area contributed by atoms with Crippen LogP contribution in [0.4, 0.5) is 0 Å². The third-order valence-electron chi connectivity index (χ3n) is 13.8. The zero-order valence-electron chi connectivity index (χ0n) is 78.1. The van der Waals surface area contributed by atoms with Crippen LogP contribution in [0.15, 0.2) is 291 Å². The molecule has 5 nitrogen and oxygen atoms in total. The van der Waals surface area contributed by atoms with Crippen LogP contribution in [-0.2, 0) is 21.1 Å². The van der Waals surface area contributed by atoms with E-state index in [-0.39, 0.29) is 54.8 Å². The number of pyridine rings is 1. The van der Waals surface area contributed by atoms with Crippen molar-refractivity contribution in [1.29, 1.82) is 0 Å². The van der Waals surface area contributed by atoms with Gasteiger partial charge in [0.05, 0.1) is 55.1 Å². The fraction of sp³-hybridized carbons (Fsp3) is 0.0250. The van der Waals surface area contributed by atoms with Gasteiger partial charge in [0.25, 0.3) is 6.33 Å². The van der Waals surface area contributed by atoms with Crippen LogP contribution in [0.1, 0.15) is 57.7 Å². The molecule has 15 rings (SSSR count). The van der Waals surface area contributed by atoms with E-state index >= 15 is 0 Å². The summed E-state index contributed by atoms with van der Waals surface area (Å²) in [6.45, 7) is -6.42. The average Bonchev–Trinajstić information content (AvgIpc) is 1.40. The molecule has 0 radical (unpaired) electrons. The van der Waals surface area contributed by atoms with Crippen molar-refractivity contribution in [3.8, 4) is 107 Å². The quantitative estimate of drug-likeness (QED) is 0.0903. The predicted octanol–water partition coefficient (Wildman–Crippen LogP) is 19.9. The predicted molar refractivity (Wildman–Crippen MR) is 347 cm³/mol. The summed E-state index contributed by atoms with van der Waals surface area (Å²) in [6, 6.07) is 12.4. The molecule has 0 aliphatic heterocycles. The van der Waals surface area contributed by atoms with Crippen LogP contribution < -0.4 is 9.30 Å². The molecule has 0 unspecified atom stereocenters. The maximum atomic E-state index is 10.4. The molecule has 0 N–H and O–H groups in total. The van der Waals surface area contributed by atoms with E-state index in [9.17, 15) is 20.6 Å². The summed E-state index contributed by atoms with van der Waals surface area (Å²) in [4.78, 5) is 4.31. The monoisotopic (exact) mass is 1320 g/mol. The van der Waals surface area contributed by atoms with Crippen molar-refractivity contribution in [2.75, 3.05) is 0 Å². The number of aromatic nitrogens is 4. The standard InChI is InChI=1S/C80H54N4O.Pt/c1-54-42-79(81-52-55(54)2)84-75-41-38-61(56-22-8-3-9-23-56)49-74(75)73-40-39-70(51-78(73)84)85-69-33-20-32-68(50-69)82-53-83(77-37-19-18-36-76(77)82)80-71(66-45-62(57-24-10-4-11-25-57)43-63(46-66)58-26-12-5-13-27-58)34-21-35-72(80)67-47-64(59-28-14-6-15-29-59)44-65(48-67)60-30-16-7-17-31-60;/h3-49,52H,1-2H3;/q-2;/i1D3,2D3,4D,5D,6D,7D,10D,11D,12D,13D,14D,15D,16D,17D,24D,25D,26D,27D,28D,29D,30D,31D,42D,43D,44D,45D,46D,47D,48D,52D;. The van der Waals surface area contributed by atoms with Gasteiger partial charge in [0.15, 0.2) is 0 Å². The number of ether oxygens (including phenoxy) is 1. The number of imidazole rings is 1. The molecule has 412 valence electrons. The summed E-state index contributed by atoms with van der Waals surface area (Å²) >= 11 is 0. The molecule has 0 saturated carbocycles. The Balaban J connectivity index is 0.0000118. The smallest absolute Gasteiger partial charge is 0.268 e. The Morgan fingerprint density at radius 2 is 0.988 bits per heavy atom. The largest absolute Gasteiger partial charge is 0.510 e. The van der Waals surface area contributed by atoms with Crippen LogP contribution in [0.5, 0.6) is 11.5 Å². The Morgan fingerprint density at radius 3 is 1.58 bits per heavy atom. The zero-order chi connectivity index (χ0) is 86.2. The van der Waals surface area contributed by atoms with Crippen molar-refractivity contribution < 1.29 is 77.0 Å². The molecule has 0 bridgehead atoms. The molecule has 86 heavy (non-hydrogen) atoms. The normalized spacial score (nSPS) is 17.2. The third kappa shape index (κ3) is 10.1. The molecule has 0 saturated heterocycles. The Hall–Kier alpha value is -10.5. The van der Waals surface area contributed by atoms with E-state index < -0.39 is 272 Å². The minimum atomic E-state index is -3.24. The number of nitrogens with zero attached hydrogens (tertiary/aromatic N) is 4. The molecule has 0 spiro atoms. The first-order valence-electron chi connectivity index (χ1n) is 43.0. The van der Waals surface area contributed by atoms with E-state index in [4.69, 9.17) is 30.8 Å². The summed E-state index contributed by atoms with van der Waals surface area (Å²) in [5.41, 5.74) is -9.08. The van der Waals surface area contributed by atoms with Gasteiger partial charge in [-0.1, -0.05) is 211 Å². The number of para-hydroxylation sites is 3. The number of fused-ring (bicyclic) bond motifs is 4. The molecule has 3 aromatic heterocycles. The molecule has 6 heteroatoms. The van der Waals surface area contributed by atoms with Gasteiger partial charge in [0.1, 0.15) is 5.82 Å². The Kier molecular flexibility index (Phi) is 7.46. The van der Waals surface area contributed by atoms with E-state index in [0.717, 1.165) is 11.1 Å². The van der Waals surface area contributed by atoms with Crippen LogP contribution in [0.25, 0.3) is 128 Å². The molecule has 15 aromatic rings. The molecule has 0 aliphatic rings. The van der Waals surface area contributed by atoms with Gasteiger partial charge in [-0.15, -0.1) is 29.7 Å². The third-order valence-corrected chi connectivity index (χ3v) is 13.8. The molecular formula is C80H54N4OPt-2. The van der Waals surface area contributed by atoms with E-state index in [2.05, 4.69) is 23.4 Å². The van der Waals surface area contributed by atoms with Crippen molar-refractivity contribution >= 4 is 32.8 Å². The first-order valence-corrected chi connectivity index (χ1v) is 26.0. The second kappa shape index (κ2) is 23.0. The maximum absolute atomic E-state index is 10.4. The molecule has 0 atom stereocenters. The van der Waals surface area contributed by atoms with Gasteiger partial charge in [-0.2, -0.15) is 18.2 Å². The van der Waals surface area contributed by atoms with Crippen molar-refractivity contribution in [1.82, 2.24) is 14.1 Å².